The van der Waals surface area contributed by atoms with Gasteiger partial charge in [0.05, 0.1) is 10.5 Å². The molecule has 0 heterocycles. The molecule has 0 fully saturated rings. The zero-order valence-corrected chi connectivity index (χ0v) is 16.0. The molecule has 9 nitrogen and oxygen atoms in total. The van der Waals surface area contributed by atoms with Crippen LogP contribution in [0, 0.1) is 0 Å². The number of nitrogens with one attached hydrogen (secondary N) is 1. The fourth-order valence-electron chi connectivity index (χ4n) is 2.10. The van der Waals surface area contributed by atoms with E-state index in [1.165, 1.54) is 62.6 Å². The molecule has 148 valence electrons. The number of sulfonamides is 1. The molecule has 0 aliphatic heterocycles. The molecule has 0 aliphatic rings. The lowest BCUT2D eigenvalue weighted by molar-refractivity contribution is -0.119. The highest BCUT2D eigenvalue weighted by atomic mass is 32.2. The Labute approximate surface area is 162 Å². The number of hydrogen-bond acceptors (Lipinski definition) is 6. The van der Waals surface area contributed by atoms with Crippen LogP contribution in [0.3, 0.4) is 0 Å². The first kappa shape index (κ1) is 21.1. The minimum atomic E-state index is -3.60. The minimum absolute atomic E-state index is 0.0335. The molecule has 28 heavy (non-hydrogen) atoms. The first-order valence-electron chi connectivity index (χ1n) is 8.00. The SMILES string of the molecule is CN(C)S(=O)(=O)c1ccc(C(=O)OCC(=O)Nc2ccc(C(N)=O)cc2)cc1. The third-order valence-electron chi connectivity index (χ3n) is 3.66. The average molecular weight is 405 g/mol. The summed E-state index contributed by atoms with van der Waals surface area (Å²) in [5.74, 6) is -1.93. The zero-order valence-electron chi connectivity index (χ0n) is 15.2. The van der Waals surface area contributed by atoms with E-state index in [2.05, 4.69) is 5.32 Å². The topological polar surface area (TPSA) is 136 Å². The fraction of sp³-hybridized carbons (Fsp3) is 0.167. The van der Waals surface area contributed by atoms with E-state index >= 15 is 0 Å². The van der Waals surface area contributed by atoms with Crippen LogP contribution in [0.15, 0.2) is 53.4 Å². The van der Waals surface area contributed by atoms with Gasteiger partial charge in [-0.25, -0.2) is 17.5 Å². The number of rotatable bonds is 7. The van der Waals surface area contributed by atoms with Gasteiger partial charge in [-0.1, -0.05) is 0 Å². The number of benzene rings is 2. The Balaban J connectivity index is 1.92. The van der Waals surface area contributed by atoms with Crippen molar-refractivity contribution >= 4 is 33.5 Å². The van der Waals surface area contributed by atoms with Crippen LogP contribution >= 0.6 is 0 Å². The van der Waals surface area contributed by atoms with Gasteiger partial charge in [0.1, 0.15) is 0 Å². The van der Waals surface area contributed by atoms with Crippen LogP contribution < -0.4 is 11.1 Å². The van der Waals surface area contributed by atoms with E-state index in [0.29, 0.717) is 11.3 Å². The molecule has 0 aromatic heterocycles. The number of carbonyl (C=O) groups excluding carboxylic acids is 3. The Kier molecular flexibility index (Phi) is 6.49. The minimum Gasteiger partial charge on any atom is -0.452 e. The maximum absolute atomic E-state index is 12.0. The second-order valence-electron chi connectivity index (χ2n) is 5.88. The van der Waals surface area contributed by atoms with Gasteiger partial charge in [0.15, 0.2) is 6.61 Å². The van der Waals surface area contributed by atoms with Gasteiger partial charge in [-0.05, 0) is 48.5 Å². The Morgan fingerprint density at radius 2 is 1.50 bits per heavy atom. The van der Waals surface area contributed by atoms with E-state index in [0.717, 1.165) is 4.31 Å². The fourth-order valence-corrected chi connectivity index (χ4v) is 3.00. The second-order valence-corrected chi connectivity index (χ2v) is 8.03. The van der Waals surface area contributed by atoms with Gasteiger partial charge in [-0.3, -0.25) is 9.59 Å². The van der Waals surface area contributed by atoms with E-state index in [4.69, 9.17) is 10.5 Å². The number of ether oxygens (including phenoxy) is 1. The van der Waals surface area contributed by atoms with E-state index in [9.17, 15) is 22.8 Å². The summed E-state index contributed by atoms with van der Waals surface area (Å²) in [7, 11) is -0.799. The van der Waals surface area contributed by atoms with Crippen molar-refractivity contribution < 1.29 is 27.5 Å². The lowest BCUT2D eigenvalue weighted by Gasteiger charge is -2.11. The summed E-state index contributed by atoms with van der Waals surface area (Å²) in [4.78, 5) is 34.9. The molecule has 0 unspecified atom stereocenters. The predicted molar refractivity (Wildman–Crippen MR) is 101 cm³/mol. The molecule has 2 aromatic carbocycles. The molecule has 2 rings (SSSR count). The summed E-state index contributed by atoms with van der Waals surface area (Å²) in [6.45, 7) is -0.534. The van der Waals surface area contributed by atoms with Crippen LogP contribution in [0.4, 0.5) is 5.69 Å². The van der Waals surface area contributed by atoms with Gasteiger partial charge < -0.3 is 15.8 Å². The van der Waals surface area contributed by atoms with Gasteiger partial charge in [0.2, 0.25) is 15.9 Å². The predicted octanol–water partition coefficient (Wildman–Crippen LogP) is 0.831. The number of anilines is 1. The third kappa shape index (κ3) is 5.15. The van der Waals surface area contributed by atoms with Crippen molar-refractivity contribution in [3.63, 3.8) is 0 Å². The normalized spacial score (nSPS) is 11.1. The van der Waals surface area contributed by atoms with Crippen molar-refractivity contribution in [1.82, 2.24) is 4.31 Å². The first-order valence-corrected chi connectivity index (χ1v) is 9.44. The molecule has 3 N–H and O–H groups in total. The smallest absolute Gasteiger partial charge is 0.338 e. The molecule has 0 atom stereocenters. The molecule has 0 bridgehead atoms. The first-order chi connectivity index (χ1) is 13.1. The van der Waals surface area contributed by atoms with Gasteiger partial charge in [0, 0.05) is 25.3 Å². The number of hydrogen-bond donors (Lipinski definition) is 2. The van der Waals surface area contributed by atoms with E-state index < -0.39 is 34.4 Å². The standard InChI is InChI=1S/C18H19N3O6S/c1-21(2)28(25,26)15-9-5-13(6-10-15)18(24)27-11-16(22)20-14-7-3-12(4-8-14)17(19)23/h3-10H,11H2,1-2H3,(H2,19,23)(H,20,22). The van der Waals surface area contributed by atoms with Gasteiger partial charge >= 0.3 is 5.97 Å². The molecule has 10 heteroatoms. The summed E-state index contributed by atoms with van der Waals surface area (Å²) < 4.78 is 30.0. The Morgan fingerprint density at radius 3 is 2.00 bits per heavy atom. The van der Waals surface area contributed by atoms with E-state index in [1.807, 2.05) is 0 Å². The highest BCUT2D eigenvalue weighted by molar-refractivity contribution is 7.89. The maximum Gasteiger partial charge on any atom is 0.338 e. The molecular weight excluding hydrogens is 386 g/mol. The number of amides is 2. The second kappa shape index (κ2) is 8.63. The van der Waals surface area contributed by atoms with Crippen molar-refractivity contribution in [2.75, 3.05) is 26.0 Å². The maximum atomic E-state index is 12.0. The average Bonchev–Trinajstić information content (AvgIpc) is 2.66. The van der Waals surface area contributed by atoms with Gasteiger partial charge in [0.25, 0.3) is 5.91 Å². The van der Waals surface area contributed by atoms with Crippen molar-refractivity contribution in [3.8, 4) is 0 Å². The van der Waals surface area contributed by atoms with Crippen LogP contribution in [0.5, 0.6) is 0 Å². The number of esters is 1. The van der Waals surface area contributed by atoms with Crippen molar-refractivity contribution in [2.24, 2.45) is 5.73 Å². The molecule has 0 saturated heterocycles. The zero-order chi connectivity index (χ0) is 20.9. The molecule has 0 saturated carbocycles. The Morgan fingerprint density at radius 1 is 0.964 bits per heavy atom. The van der Waals surface area contributed by atoms with E-state index in [1.54, 1.807) is 0 Å². The number of nitrogens with two attached hydrogens (primary N) is 1. The lowest BCUT2D eigenvalue weighted by atomic mass is 10.2. The summed E-state index contributed by atoms with van der Waals surface area (Å²) in [5.41, 5.74) is 5.94. The summed E-state index contributed by atoms with van der Waals surface area (Å²) >= 11 is 0. The lowest BCUT2D eigenvalue weighted by Crippen LogP contribution is -2.22. The molecular formula is C18H19N3O6S. The van der Waals surface area contributed by atoms with Gasteiger partial charge in [-0.15, -0.1) is 0 Å². The van der Waals surface area contributed by atoms with E-state index in [-0.39, 0.29) is 10.5 Å². The third-order valence-corrected chi connectivity index (χ3v) is 5.49. The Bertz CT molecular complexity index is 983. The molecule has 0 spiro atoms. The van der Waals surface area contributed by atoms with Crippen LogP contribution in [-0.4, -0.2) is 51.2 Å². The number of nitrogens with zero attached hydrogens (tertiary/aromatic N) is 1. The summed E-state index contributed by atoms with van der Waals surface area (Å²) in [6.07, 6.45) is 0. The van der Waals surface area contributed by atoms with Crippen molar-refractivity contribution in [1.29, 1.82) is 0 Å². The summed E-state index contributed by atoms with van der Waals surface area (Å²) in [6, 6.07) is 11.1. The highest BCUT2D eigenvalue weighted by Crippen LogP contribution is 2.14. The molecule has 2 amide bonds. The molecule has 2 aromatic rings. The largest absolute Gasteiger partial charge is 0.452 e. The van der Waals surface area contributed by atoms with Crippen molar-refractivity contribution in [2.45, 2.75) is 4.90 Å². The van der Waals surface area contributed by atoms with Crippen LogP contribution in [0.25, 0.3) is 0 Å². The Hall–Kier alpha value is -3.24. The summed E-state index contributed by atoms with van der Waals surface area (Å²) in [5, 5.41) is 2.50. The van der Waals surface area contributed by atoms with Crippen LogP contribution in [0.1, 0.15) is 20.7 Å². The monoisotopic (exact) mass is 405 g/mol. The quantitative estimate of drug-likeness (QED) is 0.655. The van der Waals surface area contributed by atoms with Crippen LogP contribution in [0.2, 0.25) is 0 Å². The molecule has 0 aliphatic carbocycles. The number of carbonyl (C=O) groups is 3. The van der Waals surface area contributed by atoms with Crippen molar-refractivity contribution in [3.05, 3.63) is 59.7 Å². The molecule has 0 radical (unpaired) electrons. The highest BCUT2D eigenvalue weighted by Gasteiger charge is 2.18. The van der Waals surface area contributed by atoms with Crippen LogP contribution in [-0.2, 0) is 19.6 Å². The van der Waals surface area contributed by atoms with Gasteiger partial charge in [-0.2, -0.15) is 0 Å². The number of primary amides is 1.